The summed E-state index contributed by atoms with van der Waals surface area (Å²) in [5.41, 5.74) is 1.48. The fourth-order valence-electron chi connectivity index (χ4n) is 4.78. The first-order valence-electron chi connectivity index (χ1n) is 14.3. The van der Waals surface area contributed by atoms with E-state index in [1.165, 1.54) is 129 Å². The maximum absolute atomic E-state index is 11.6. The largest absolute Gasteiger partial charge is 0.468 e. The van der Waals surface area contributed by atoms with Crippen molar-refractivity contribution >= 4 is 11.8 Å². The van der Waals surface area contributed by atoms with Gasteiger partial charge in [0.2, 0.25) is 0 Å². The molecule has 0 fully saturated rings. The number of unbranched alkanes of at least 4 members (excludes halogenated alkanes) is 17. The summed E-state index contributed by atoms with van der Waals surface area (Å²) in [6, 6.07) is 10.9. The average molecular weight is 473 g/mol. The Hall–Kier alpha value is -1.64. The van der Waals surface area contributed by atoms with Crippen LogP contribution in [0.1, 0.15) is 134 Å². The topological polar surface area (TPSA) is 43.4 Å². The number of hydrogen-bond acceptors (Lipinski definition) is 3. The molecule has 0 spiro atoms. The van der Waals surface area contributed by atoms with Crippen molar-refractivity contribution in [3.8, 4) is 0 Å². The average Bonchev–Trinajstić information content (AvgIpc) is 2.85. The van der Waals surface area contributed by atoms with E-state index in [-0.39, 0.29) is 11.8 Å². The van der Waals surface area contributed by atoms with Crippen molar-refractivity contribution in [2.75, 3.05) is 7.11 Å². The molecule has 1 atom stereocenters. The van der Waals surface area contributed by atoms with E-state index in [2.05, 4.69) is 30.3 Å². The van der Waals surface area contributed by atoms with E-state index in [1.807, 2.05) is 0 Å². The normalized spacial score (nSPS) is 11.9. The highest BCUT2D eigenvalue weighted by Crippen LogP contribution is 2.17. The predicted octanol–water partition coefficient (Wildman–Crippen LogP) is 9.02. The van der Waals surface area contributed by atoms with Gasteiger partial charge in [-0.05, 0) is 31.7 Å². The zero-order valence-corrected chi connectivity index (χ0v) is 22.3. The quantitative estimate of drug-likeness (QED) is 0.0906. The van der Waals surface area contributed by atoms with Crippen LogP contribution in [0.25, 0.3) is 0 Å². The standard InChI is InChI=1S/C31H52O3/c1-28(32)30(31(33)34-2)27-23-18-16-14-12-10-8-6-4-3-5-7-9-11-13-15-17-20-24-29-25-21-19-22-26-29/h19,21-22,25-26,30H,3-18,20,23-24,27H2,1-2H3. The monoisotopic (exact) mass is 472 g/mol. The van der Waals surface area contributed by atoms with Crippen LogP contribution in [0.2, 0.25) is 0 Å². The lowest BCUT2D eigenvalue weighted by Crippen LogP contribution is -2.23. The smallest absolute Gasteiger partial charge is 0.316 e. The van der Waals surface area contributed by atoms with Crippen LogP contribution in [0.3, 0.4) is 0 Å². The third-order valence-corrected chi connectivity index (χ3v) is 7.03. The molecule has 0 aliphatic carbocycles. The van der Waals surface area contributed by atoms with Crippen molar-refractivity contribution < 1.29 is 14.3 Å². The van der Waals surface area contributed by atoms with E-state index in [1.54, 1.807) is 0 Å². The van der Waals surface area contributed by atoms with Crippen molar-refractivity contribution in [1.29, 1.82) is 0 Å². The van der Waals surface area contributed by atoms with E-state index in [9.17, 15) is 9.59 Å². The van der Waals surface area contributed by atoms with Crippen LogP contribution < -0.4 is 0 Å². The van der Waals surface area contributed by atoms with Crippen molar-refractivity contribution in [2.24, 2.45) is 5.92 Å². The van der Waals surface area contributed by atoms with Gasteiger partial charge in [0.05, 0.1) is 7.11 Å². The Balaban J connectivity index is 1.75. The Kier molecular flexibility index (Phi) is 19.5. The summed E-state index contributed by atoms with van der Waals surface area (Å²) in [4.78, 5) is 23.1. The molecule has 0 aliphatic rings. The molecule has 3 nitrogen and oxygen atoms in total. The highest BCUT2D eigenvalue weighted by atomic mass is 16.5. The third kappa shape index (κ3) is 16.9. The highest BCUT2D eigenvalue weighted by molar-refractivity contribution is 5.97. The first-order valence-corrected chi connectivity index (χ1v) is 14.3. The Morgan fingerprint density at radius 1 is 0.618 bits per heavy atom. The number of hydrogen-bond donors (Lipinski definition) is 0. The van der Waals surface area contributed by atoms with E-state index in [4.69, 9.17) is 4.74 Å². The van der Waals surface area contributed by atoms with Crippen molar-refractivity contribution in [2.45, 2.75) is 135 Å². The van der Waals surface area contributed by atoms with Gasteiger partial charge < -0.3 is 4.74 Å². The van der Waals surface area contributed by atoms with Crippen LogP contribution >= 0.6 is 0 Å². The summed E-state index contributed by atoms with van der Waals surface area (Å²) in [7, 11) is 1.36. The second-order valence-electron chi connectivity index (χ2n) is 10.1. The zero-order valence-electron chi connectivity index (χ0n) is 22.3. The molecule has 34 heavy (non-hydrogen) atoms. The number of methoxy groups -OCH3 is 1. The number of carbonyl (C=O) groups is 2. The van der Waals surface area contributed by atoms with E-state index < -0.39 is 5.92 Å². The Labute approximate surface area is 210 Å². The van der Waals surface area contributed by atoms with Crippen LogP contribution in [-0.2, 0) is 20.7 Å². The second kappa shape index (κ2) is 21.9. The number of esters is 1. The lowest BCUT2D eigenvalue weighted by atomic mass is 9.97. The molecule has 1 unspecified atom stereocenters. The summed E-state index contributed by atoms with van der Waals surface area (Å²) in [5, 5.41) is 0. The SMILES string of the molecule is COC(=O)C(CCCCCCCCCCCCCCCCCCCCc1ccccc1)C(C)=O. The molecule has 0 heterocycles. The van der Waals surface area contributed by atoms with Gasteiger partial charge in [0, 0.05) is 0 Å². The Bertz CT molecular complexity index is 610. The van der Waals surface area contributed by atoms with Crippen LogP contribution in [0.15, 0.2) is 30.3 Å². The van der Waals surface area contributed by atoms with Gasteiger partial charge in [0.1, 0.15) is 11.7 Å². The molecule has 0 bridgehead atoms. The molecule has 0 amide bonds. The summed E-state index contributed by atoms with van der Waals surface area (Å²) in [6.45, 7) is 1.48. The van der Waals surface area contributed by atoms with Crippen LogP contribution in [0.4, 0.5) is 0 Å². The fraction of sp³-hybridized carbons (Fsp3) is 0.742. The number of Topliss-reactive ketones (excluding diaryl/α,β-unsaturated/α-hetero) is 1. The van der Waals surface area contributed by atoms with Gasteiger partial charge in [-0.2, -0.15) is 0 Å². The van der Waals surface area contributed by atoms with Crippen LogP contribution in [0.5, 0.6) is 0 Å². The first-order chi connectivity index (χ1) is 16.6. The number of aryl methyl sites for hydroxylation is 1. The molecule has 3 heteroatoms. The maximum atomic E-state index is 11.6. The highest BCUT2D eigenvalue weighted by Gasteiger charge is 2.23. The molecule has 0 saturated carbocycles. The Morgan fingerprint density at radius 3 is 1.38 bits per heavy atom. The lowest BCUT2D eigenvalue weighted by molar-refractivity contribution is -0.149. The number of carbonyl (C=O) groups excluding carboxylic acids is 2. The molecule has 1 aromatic carbocycles. The second-order valence-corrected chi connectivity index (χ2v) is 10.1. The third-order valence-electron chi connectivity index (χ3n) is 7.03. The van der Waals surface area contributed by atoms with Gasteiger partial charge in [0.25, 0.3) is 0 Å². The van der Waals surface area contributed by atoms with E-state index in [0.717, 1.165) is 12.8 Å². The fourth-order valence-corrected chi connectivity index (χ4v) is 4.78. The molecular weight excluding hydrogens is 420 g/mol. The van der Waals surface area contributed by atoms with Crippen LogP contribution in [0, 0.1) is 5.92 Å². The number of benzene rings is 1. The summed E-state index contributed by atoms with van der Waals surface area (Å²) in [5.74, 6) is -1.00. The minimum atomic E-state index is -0.555. The van der Waals surface area contributed by atoms with Crippen molar-refractivity contribution in [1.82, 2.24) is 0 Å². The molecule has 0 aliphatic heterocycles. The summed E-state index contributed by atoms with van der Waals surface area (Å²) in [6.07, 6.45) is 25.9. The molecule has 194 valence electrons. The minimum absolute atomic E-state index is 0.0722. The summed E-state index contributed by atoms with van der Waals surface area (Å²) >= 11 is 0. The first kappa shape index (κ1) is 30.4. The van der Waals surface area contributed by atoms with Crippen LogP contribution in [-0.4, -0.2) is 18.9 Å². The zero-order chi connectivity index (χ0) is 24.7. The van der Waals surface area contributed by atoms with Crippen molar-refractivity contribution in [3.05, 3.63) is 35.9 Å². The maximum Gasteiger partial charge on any atom is 0.316 e. The van der Waals surface area contributed by atoms with Gasteiger partial charge in [-0.25, -0.2) is 0 Å². The number of ether oxygens (including phenoxy) is 1. The molecular formula is C31H52O3. The Morgan fingerprint density at radius 2 is 1.00 bits per heavy atom. The molecule has 0 N–H and O–H groups in total. The summed E-state index contributed by atoms with van der Waals surface area (Å²) < 4.78 is 4.72. The minimum Gasteiger partial charge on any atom is -0.468 e. The van der Waals surface area contributed by atoms with Crippen molar-refractivity contribution in [3.63, 3.8) is 0 Å². The molecule has 0 radical (unpaired) electrons. The molecule has 1 rings (SSSR count). The number of ketones is 1. The molecule has 0 aromatic heterocycles. The lowest BCUT2D eigenvalue weighted by Gasteiger charge is -2.10. The van der Waals surface area contributed by atoms with Gasteiger partial charge in [-0.1, -0.05) is 139 Å². The van der Waals surface area contributed by atoms with Gasteiger partial charge in [-0.15, -0.1) is 0 Å². The van der Waals surface area contributed by atoms with Gasteiger partial charge in [-0.3, -0.25) is 9.59 Å². The number of rotatable bonds is 23. The molecule has 0 saturated heterocycles. The molecule has 1 aromatic rings. The van der Waals surface area contributed by atoms with Gasteiger partial charge >= 0.3 is 5.97 Å². The predicted molar refractivity (Wildman–Crippen MR) is 144 cm³/mol. The van der Waals surface area contributed by atoms with E-state index >= 15 is 0 Å². The van der Waals surface area contributed by atoms with E-state index in [0.29, 0.717) is 6.42 Å². The van der Waals surface area contributed by atoms with Gasteiger partial charge in [0.15, 0.2) is 0 Å².